The second-order valence-corrected chi connectivity index (χ2v) is 7.34. The van der Waals surface area contributed by atoms with E-state index >= 15 is 0 Å². The largest absolute Gasteiger partial charge is 0.454 e. The molecule has 1 aromatic carbocycles. The number of carbonyl (C=O) groups is 1. The van der Waals surface area contributed by atoms with Gasteiger partial charge in [0.05, 0.1) is 0 Å². The highest BCUT2D eigenvalue weighted by Crippen LogP contribution is 2.35. The smallest absolute Gasteiger partial charge is 0.231 e. The minimum Gasteiger partial charge on any atom is -0.454 e. The fourth-order valence-corrected chi connectivity index (χ4v) is 4.07. The number of benzene rings is 1. The van der Waals surface area contributed by atoms with Crippen LogP contribution >= 0.6 is 24.8 Å². The highest BCUT2D eigenvalue weighted by Gasteiger charge is 2.25. The van der Waals surface area contributed by atoms with Gasteiger partial charge in [0.2, 0.25) is 23.0 Å². The minimum absolute atomic E-state index is 0. The molecule has 1 fully saturated rings. The lowest BCUT2D eigenvalue weighted by Gasteiger charge is -2.38. The summed E-state index contributed by atoms with van der Waals surface area (Å²) in [7, 11) is 0. The molecule has 2 aliphatic heterocycles. The average molecular weight is 410 g/mol. The van der Waals surface area contributed by atoms with Crippen molar-refractivity contribution in [1.29, 1.82) is 0 Å². The third-order valence-corrected chi connectivity index (χ3v) is 5.61. The average Bonchev–Trinajstić information content (AvgIpc) is 3.29. The van der Waals surface area contributed by atoms with Crippen molar-refractivity contribution in [3.05, 3.63) is 23.8 Å². The van der Waals surface area contributed by atoms with Crippen LogP contribution in [0.2, 0.25) is 0 Å². The number of nitrogens with zero attached hydrogens (tertiary/aromatic N) is 4. The number of ether oxygens (including phenoxy) is 2. The third kappa shape index (κ3) is 4.28. The number of fused-ring (bicyclic) bond motifs is 1. The summed E-state index contributed by atoms with van der Waals surface area (Å²) in [5, 5.41) is 12.3. The summed E-state index contributed by atoms with van der Waals surface area (Å²) in [6.45, 7) is 7.61. The molecular weight excluding hydrogens is 386 g/mol. The Balaban J connectivity index is 0.00000210. The highest BCUT2D eigenvalue weighted by atomic mass is 32.1. The topological polar surface area (TPSA) is 79.8 Å². The van der Waals surface area contributed by atoms with Gasteiger partial charge in [-0.05, 0) is 24.6 Å². The SMILES string of the molecule is CC(=O)Nc1nnc(N2CCN([C@@H](C)c3ccc4c(c3)OCO4)CC2)s1.S. The number of carbonyl (C=O) groups excluding carboxylic acids is 1. The predicted molar refractivity (Wildman–Crippen MR) is 109 cm³/mol. The summed E-state index contributed by atoms with van der Waals surface area (Å²) in [4.78, 5) is 15.8. The van der Waals surface area contributed by atoms with Crippen LogP contribution in [0.15, 0.2) is 18.2 Å². The Morgan fingerprint density at radius 2 is 1.93 bits per heavy atom. The molecule has 2 aliphatic rings. The van der Waals surface area contributed by atoms with Crippen molar-refractivity contribution >= 4 is 41.0 Å². The number of hydrogen-bond acceptors (Lipinski definition) is 8. The van der Waals surface area contributed by atoms with Crippen LogP contribution < -0.4 is 19.7 Å². The van der Waals surface area contributed by atoms with Crippen molar-refractivity contribution in [3.63, 3.8) is 0 Å². The molecule has 10 heteroatoms. The molecule has 2 aromatic rings. The first-order valence-electron chi connectivity index (χ1n) is 8.60. The number of aromatic nitrogens is 2. The quantitative estimate of drug-likeness (QED) is 0.829. The first kappa shape index (κ1) is 19.7. The van der Waals surface area contributed by atoms with Gasteiger partial charge >= 0.3 is 0 Å². The number of piperazine rings is 1. The van der Waals surface area contributed by atoms with Crippen LogP contribution in [-0.4, -0.2) is 54.0 Å². The van der Waals surface area contributed by atoms with E-state index in [4.69, 9.17) is 9.47 Å². The fraction of sp³-hybridized carbons (Fsp3) is 0.471. The molecule has 0 unspecified atom stereocenters. The fourth-order valence-electron chi connectivity index (χ4n) is 3.23. The minimum atomic E-state index is -0.130. The molecule has 1 N–H and O–H groups in total. The van der Waals surface area contributed by atoms with Crippen molar-refractivity contribution in [2.24, 2.45) is 0 Å². The van der Waals surface area contributed by atoms with Crippen LogP contribution in [0.4, 0.5) is 10.3 Å². The molecule has 8 nitrogen and oxygen atoms in total. The summed E-state index contributed by atoms with van der Waals surface area (Å²) in [5.41, 5.74) is 1.23. The van der Waals surface area contributed by atoms with E-state index in [-0.39, 0.29) is 19.4 Å². The Bertz CT molecular complexity index is 808. The first-order valence-corrected chi connectivity index (χ1v) is 9.41. The lowest BCUT2D eigenvalue weighted by atomic mass is 10.1. The molecular formula is C17H23N5O3S2. The zero-order valence-corrected chi connectivity index (χ0v) is 17.1. The van der Waals surface area contributed by atoms with E-state index < -0.39 is 0 Å². The maximum absolute atomic E-state index is 11.1. The first-order chi connectivity index (χ1) is 12.6. The zero-order valence-electron chi connectivity index (χ0n) is 15.3. The molecule has 0 bridgehead atoms. The zero-order chi connectivity index (χ0) is 18.1. The molecule has 0 saturated carbocycles. The Kier molecular flexibility index (Phi) is 6.08. The van der Waals surface area contributed by atoms with Gasteiger partial charge < -0.3 is 19.7 Å². The molecule has 1 saturated heterocycles. The van der Waals surface area contributed by atoms with Gasteiger partial charge in [-0.1, -0.05) is 17.4 Å². The number of anilines is 2. The Hall–Kier alpha value is -2.04. The predicted octanol–water partition coefficient (Wildman–Crippen LogP) is 2.22. The highest BCUT2D eigenvalue weighted by molar-refractivity contribution is 7.59. The number of hydrogen-bond donors (Lipinski definition) is 1. The van der Waals surface area contributed by atoms with Gasteiger partial charge in [0.1, 0.15) is 0 Å². The summed E-state index contributed by atoms with van der Waals surface area (Å²) >= 11 is 1.41. The third-order valence-electron chi connectivity index (χ3n) is 4.71. The molecule has 0 aliphatic carbocycles. The van der Waals surface area contributed by atoms with E-state index in [0.29, 0.717) is 18.0 Å². The van der Waals surface area contributed by atoms with Crippen LogP contribution in [0.5, 0.6) is 11.5 Å². The molecule has 27 heavy (non-hydrogen) atoms. The van der Waals surface area contributed by atoms with Gasteiger partial charge in [0.25, 0.3) is 0 Å². The van der Waals surface area contributed by atoms with Gasteiger partial charge in [-0.3, -0.25) is 9.69 Å². The van der Waals surface area contributed by atoms with E-state index in [1.54, 1.807) is 0 Å². The summed E-state index contributed by atoms with van der Waals surface area (Å²) in [5.74, 6) is 1.51. The van der Waals surface area contributed by atoms with E-state index in [0.717, 1.165) is 42.8 Å². The lowest BCUT2D eigenvalue weighted by molar-refractivity contribution is -0.114. The molecule has 0 radical (unpaired) electrons. The molecule has 1 atom stereocenters. The maximum Gasteiger partial charge on any atom is 0.231 e. The standard InChI is InChI=1S/C17H21N5O3S.H2S/c1-11(13-3-4-14-15(9-13)25-10-24-14)21-5-7-22(8-6-21)17-20-19-16(26-17)18-12(2)23;/h3-4,9,11H,5-8,10H2,1-2H3,(H,18,19,23);1H2/t11-;/m0./s1. The maximum atomic E-state index is 11.1. The lowest BCUT2D eigenvalue weighted by Crippen LogP contribution is -2.47. The molecule has 1 amide bonds. The number of nitrogens with one attached hydrogen (secondary N) is 1. The molecule has 4 rings (SSSR count). The Morgan fingerprint density at radius 1 is 1.19 bits per heavy atom. The molecule has 3 heterocycles. The summed E-state index contributed by atoms with van der Waals surface area (Å²) in [6.07, 6.45) is 0. The monoisotopic (exact) mass is 409 g/mol. The van der Waals surface area contributed by atoms with Gasteiger partial charge in [-0.2, -0.15) is 13.5 Å². The Labute approximate surface area is 168 Å². The van der Waals surface area contributed by atoms with Crippen molar-refractivity contribution in [2.45, 2.75) is 19.9 Å². The Morgan fingerprint density at radius 3 is 2.67 bits per heavy atom. The summed E-state index contributed by atoms with van der Waals surface area (Å²) in [6, 6.07) is 6.46. The van der Waals surface area contributed by atoms with Crippen molar-refractivity contribution in [1.82, 2.24) is 15.1 Å². The van der Waals surface area contributed by atoms with Gasteiger partial charge in [-0.25, -0.2) is 0 Å². The van der Waals surface area contributed by atoms with Crippen molar-refractivity contribution in [2.75, 3.05) is 43.2 Å². The van der Waals surface area contributed by atoms with Crippen LogP contribution in [0.1, 0.15) is 25.5 Å². The normalized spacial score (nSPS) is 17.3. The number of amides is 1. The second-order valence-electron chi connectivity index (χ2n) is 6.38. The van der Waals surface area contributed by atoms with Gasteiger partial charge in [0, 0.05) is 39.1 Å². The van der Waals surface area contributed by atoms with E-state index in [1.165, 1.54) is 23.8 Å². The summed E-state index contributed by atoms with van der Waals surface area (Å²) < 4.78 is 10.9. The van der Waals surface area contributed by atoms with E-state index in [2.05, 4.69) is 44.4 Å². The van der Waals surface area contributed by atoms with Gasteiger partial charge in [0.15, 0.2) is 11.5 Å². The van der Waals surface area contributed by atoms with Crippen molar-refractivity contribution < 1.29 is 14.3 Å². The molecule has 1 aromatic heterocycles. The van der Waals surface area contributed by atoms with Crippen LogP contribution in [0.25, 0.3) is 0 Å². The van der Waals surface area contributed by atoms with E-state index in [1.807, 2.05) is 6.07 Å². The van der Waals surface area contributed by atoms with E-state index in [9.17, 15) is 4.79 Å². The van der Waals surface area contributed by atoms with Crippen LogP contribution in [0.3, 0.4) is 0 Å². The van der Waals surface area contributed by atoms with Crippen molar-refractivity contribution in [3.8, 4) is 11.5 Å². The second kappa shape index (κ2) is 8.32. The van der Waals surface area contributed by atoms with Crippen LogP contribution in [-0.2, 0) is 4.79 Å². The number of rotatable bonds is 4. The van der Waals surface area contributed by atoms with Crippen LogP contribution in [0, 0.1) is 0 Å². The molecule has 146 valence electrons. The molecule has 0 spiro atoms. The van der Waals surface area contributed by atoms with Gasteiger partial charge in [-0.15, -0.1) is 10.2 Å².